The summed E-state index contributed by atoms with van der Waals surface area (Å²) in [5.41, 5.74) is 3.35. The largest absolute Gasteiger partial charge is 0.370 e. The number of rotatable bonds is 1. The molecule has 1 N–H and O–H groups in total. The van der Waals surface area contributed by atoms with Crippen LogP contribution in [0.25, 0.3) is 0 Å². The quantitative estimate of drug-likeness (QED) is 0.716. The summed E-state index contributed by atoms with van der Waals surface area (Å²) in [4.78, 5) is 2.47. The molecule has 0 atom stereocenters. The van der Waals surface area contributed by atoms with E-state index in [9.17, 15) is 0 Å². The van der Waals surface area contributed by atoms with Crippen LogP contribution in [0.1, 0.15) is 5.56 Å². The molecule has 0 amide bonds. The Hall–Kier alpha value is -1.02. The molecule has 2 aliphatic rings. The van der Waals surface area contributed by atoms with Crippen molar-refractivity contribution in [3.8, 4) is 0 Å². The zero-order valence-corrected chi connectivity index (χ0v) is 8.59. The Morgan fingerprint density at radius 3 is 2.29 bits per heavy atom. The first-order valence-corrected chi connectivity index (χ1v) is 5.30. The van der Waals surface area contributed by atoms with Gasteiger partial charge in [0.2, 0.25) is 0 Å². The van der Waals surface area contributed by atoms with Crippen LogP contribution >= 0.6 is 0 Å². The summed E-state index contributed by atoms with van der Waals surface area (Å²) >= 11 is 0. The van der Waals surface area contributed by atoms with E-state index in [1.807, 2.05) is 0 Å². The monoisotopic (exact) mass is 188 g/mol. The molecule has 2 nitrogen and oxygen atoms in total. The van der Waals surface area contributed by atoms with Crippen molar-refractivity contribution in [1.82, 2.24) is 5.32 Å². The number of hydrogen-bond donors (Lipinski definition) is 1. The van der Waals surface area contributed by atoms with Gasteiger partial charge in [-0.25, -0.2) is 0 Å². The molecule has 74 valence electrons. The van der Waals surface area contributed by atoms with Gasteiger partial charge in [0.05, 0.1) is 0 Å². The second-order valence-electron chi connectivity index (χ2n) is 4.80. The molecule has 1 spiro atoms. The van der Waals surface area contributed by atoms with E-state index in [2.05, 4.69) is 41.4 Å². The highest BCUT2D eigenvalue weighted by Gasteiger charge is 2.47. The van der Waals surface area contributed by atoms with Crippen molar-refractivity contribution in [2.75, 3.05) is 31.1 Å². The zero-order valence-electron chi connectivity index (χ0n) is 8.59. The van der Waals surface area contributed by atoms with E-state index in [0.29, 0.717) is 5.41 Å². The van der Waals surface area contributed by atoms with Crippen LogP contribution < -0.4 is 10.2 Å². The summed E-state index contributed by atoms with van der Waals surface area (Å²) < 4.78 is 0. The lowest BCUT2D eigenvalue weighted by Crippen LogP contribution is -2.71. The van der Waals surface area contributed by atoms with Crippen molar-refractivity contribution in [2.45, 2.75) is 6.92 Å². The van der Waals surface area contributed by atoms with Gasteiger partial charge in [0.25, 0.3) is 0 Å². The van der Waals surface area contributed by atoms with E-state index in [1.165, 1.54) is 37.4 Å². The summed E-state index contributed by atoms with van der Waals surface area (Å²) in [6.07, 6.45) is 0. The Morgan fingerprint density at radius 1 is 1.14 bits per heavy atom. The lowest BCUT2D eigenvalue weighted by atomic mass is 9.74. The van der Waals surface area contributed by atoms with E-state index in [1.54, 1.807) is 0 Å². The second kappa shape index (κ2) is 2.74. The smallest absolute Gasteiger partial charge is 0.0366 e. The molecule has 0 saturated carbocycles. The predicted molar refractivity (Wildman–Crippen MR) is 58.7 cm³/mol. The van der Waals surface area contributed by atoms with Crippen LogP contribution in [0.2, 0.25) is 0 Å². The fraction of sp³-hybridized carbons (Fsp3) is 0.500. The maximum absolute atomic E-state index is 3.36. The fourth-order valence-electron chi connectivity index (χ4n) is 2.40. The van der Waals surface area contributed by atoms with Crippen molar-refractivity contribution in [3.63, 3.8) is 0 Å². The lowest BCUT2D eigenvalue weighted by Gasteiger charge is -2.57. The number of nitrogens with one attached hydrogen (secondary N) is 1. The van der Waals surface area contributed by atoms with Crippen molar-refractivity contribution in [1.29, 1.82) is 0 Å². The van der Waals surface area contributed by atoms with Crippen molar-refractivity contribution in [3.05, 3.63) is 29.8 Å². The topological polar surface area (TPSA) is 15.3 Å². The summed E-state index contributed by atoms with van der Waals surface area (Å²) in [5, 5.41) is 3.36. The van der Waals surface area contributed by atoms with Gasteiger partial charge in [-0.15, -0.1) is 0 Å². The van der Waals surface area contributed by atoms with Gasteiger partial charge in [-0.05, 0) is 19.1 Å². The minimum Gasteiger partial charge on any atom is -0.370 e. The molecule has 0 aromatic heterocycles. The van der Waals surface area contributed by atoms with Gasteiger partial charge in [0, 0.05) is 37.3 Å². The van der Waals surface area contributed by atoms with Crippen LogP contribution in [-0.4, -0.2) is 26.2 Å². The highest BCUT2D eigenvalue weighted by atomic mass is 15.3. The van der Waals surface area contributed by atoms with Crippen LogP contribution in [0.3, 0.4) is 0 Å². The molecule has 2 saturated heterocycles. The van der Waals surface area contributed by atoms with Crippen LogP contribution in [0.15, 0.2) is 24.3 Å². The number of anilines is 1. The van der Waals surface area contributed by atoms with Gasteiger partial charge in [0.1, 0.15) is 0 Å². The zero-order chi connectivity index (χ0) is 9.60. The molecule has 0 radical (unpaired) electrons. The minimum absolute atomic E-state index is 0.630. The number of aryl methyl sites for hydroxylation is 1. The third kappa shape index (κ3) is 1.14. The van der Waals surface area contributed by atoms with Gasteiger partial charge in [-0.1, -0.05) is 17.7 Å². The fourth-order valence-corrected chi connectivity index (χ4v) is 2.40. The molecular formula is C12H16N2. The maximum Gasteiger partial charge on any atom is 0.0366 e. The molecule has 2 heteroatoms. The molecule has 1 aromatic rings. The van der Waals surface area contributed by atoms with Gasteiger partial charge in [-0.2, -0.15) is 0 Å². The molecule has 14 heavy (non-hydrogen) atoms. The van der Waals surface area contributed by atoms with Crippen molar-refractivity contribution in [2.24, 2.45) is 5.41 Å². The Balaban J connectivity index is 1.70. The molecule has 2 heterocycles. The van der Waals surface area contributed by atoms with Gasteiger partial charge in [-0.3, -0.25) is 0 Å². The van der Waals surface area contributed by atoms with Crippen LogP contribution in [0, 0.1) is 12.3 Å². The second-order valence-corrected chi connectivity index (χ2v) is 4.80. The standard InChI is InChI=1S/C12H16N2/c1-10-2-4-11(5-3-10)14-8-12(9-14)6-13-7-12/h2-5,13H,6-9H2,1H3. The predicted octanol–water partition coefficient (Wildman–Crippen LogP) is 1.40. The Kier molecular flexibility index (Phi) is 1.62. The molecule has 0 aliphatic carbocycles. The van der Waals surface area contributed by atoms with E-state index in [-0.39, 0.29) is 0 Å². The van der Waals surface area contributed by atoms with E-state index in [4.69, 9.17) is 0 Å². The molecule has 3 rings (SSSR count). The first kappa shape index (κ1) is 8.30. The SMILES string of the molecule is Cc1ccc(N2CC3(CNC3)C2)cc1. The first-order chi connectivity index (χ1) is 6.77. The molecule has 0 unspecified atom stereocenters. The normalized spacial score (nSPS) is 23.1. The van der Waals surface area contributed by atoms with Gasteiger partial charge >= 0.3 is 0 Å². The summed E-state index contributed by atoms with van der Waals surface area (Å²) in [6.45, 7) is 7.05. The average Bonchev–Trinajstić information content (AvgIpc) is 2.03. The van der Waals surface area contributed by atoms with Crippen molar-refractivity contribution < 1.29 is 0 Å². The molecule has 2 fully saturated rings. The molecule has 2 aliphatic heterocycles. The third-order valence-corrected chi connectivity index (χ3v) is 3.45. The van der Waals surface area contributed by atoms with E-state index >= 15 is 0 Å². The molecule has 1 aromatic carbocycles. The number of benzene rings is 1. The third-order valence-electron chi connectivity index (χ3n) is 3.45. The van der Waals surface area contributed by atoms with Gasteiger partial charge in [0.15, 0.2) is 0 Å². The number of hydrogen-bond acceptors (Lipinski definition) is 2. The minimum atomic E-state index is 0.630. The number of nitrogens with zero attached hydrogens (tertiary/aromatic N) is 1. The summed E-state index contributed by atoms with van der Waals surface area (Å²) in [6, 6.07) is 8.85. The van der Waals surface area contributed by atoms with Crippen LogP contribution in [0.5, 0.6) is 0 Å². The van der Waals surface area contributed by atoms with Gasteiger partial charge < -0.3 is 10.2 Å². The lowest BCUT2D eigenvalue weighted by molar-refractivity contribution is 0.121. The van der Waals surface area contributed by atoms with Crippen LogP contribution in [0.4, 0.5) is 5.69 Å². The molecular weight excluding hydrogens is 172 g/mol. The van der Waals surface area contributed by atoms with Crippen molar-refractivity contribution >= 4 is 5.69 Å². The first-order valence-electron chi connectivity index (χ1n) is 5.30. The maximum atomic E-state index is 3.36. The Morgan fingerprint density at radius 2 is 1.79 bits per heavy atom. The van der Waals surface area contributed by atoms with E-state index in [0.717, 1.165) is 0 Å². The highest BCUT2D eigenvalue weighted by molar-refractivity contribution is 5.51. The Labute approximate surface area is 84.9 Å². The molecule has 0 bridgehead atoms. The summed E-state index contributed by atoms with van der Waals surface area (Å²) in [5.74, 6) is 0. The van der Waals surface area contributed by atoms with Crippen LogP contribution in [-0.2, 0) is 0 Å². The Bertz CT molecular complexity index is 330. The highest BCUT2D eigenvalue weighted by Crippen LogP contribution is 2.37. The average molecular weight is 188 g/mol. The van der Waals surface area contributed by atoms with E-state index < -0.39 is 0 Å². The summed E-state index contributed by atoms with van der Waals surface area (Å²) in [7, 11) is 0.